The van der Waals surface area contributed by atoms with Crippen LogP contribution >= 0.6 is 11.6 Å². The van der Waals surface area contributed by atoms with E-state index in [9.17, 15) is 0 Å². The van der Waals surface area contributed by atoms with Gasteiger partial charge in [0.25, 0.3) is 0 Å². The predicted octanol–water partition coefficient (Wildman–Crippen LogP) is 5.67. The Balaban J connectivity index is 1.30. The summed E-state index contributed by atoms with van der Waals surface area (Å²) >= 11 is 5.95. The summed E-state index contributed by atoms with van der Waals surface area (Å²) < 4.78 is 5.88. The predicted molar refractivity (Wildman–Crippen MR) is 123 cm³/mol. The highest BCUT2D eigenvalue weighted by Crippen LogP contribution is 2.20. The molecular weight excluding hydrogens is 392 g/mol. The van der Waals surface area contributed by atoms with Crippen molar-refractivity contribution >= 4 is 11.6 Å². The first-order valence-corrected chi connectivity index (χ1v) is 10.8. The minimum absolute atomic E-state index is 0.729. The Morgan fingerprint density at radius 1 is 0.833 bits per heavy atom. The van der Waals surface area contributed by atoms with Crippen molar-refractivity contribution in [3.05, 3.63) is 83.1 Å². The Hall–Kier alpha value is -2.80. The highest BCUT2D eigenvalue weighted by molar-refractivity contribution is 6.30. The Bertz CT molecular complexity index is 996. The van der Waals surface area contributed by atoms with Gasteiger partial charge in [-0.05, 0) is 79.9 Å². The molecule has 0 bridgehead atoms. The number of likely N-dealkylation sites (tertiary alicyclic amines) is 1. The number of aromatic nitrogens is 1. The first-order valence-electron chi connectivity index (χ1n) is 10.5. The number of nitrogens with zero attached hydrogens (tertiary/aromatic N) is 2. The lowest BCUT2D eigenvalue weighted by Gasteiger charge is -2.26. The topological polar surface area (TPSA) is 25.4 Å². The summed E-state index contributed by atoms with van der Waals surface area (Å²) in [6, 6.07) is 19.7. The summed E-state index contributed by atoms with van der Waals surface area (Å²) in [6.07, 6.45) is 5.83. The van der Waals surface area contributed by atoms with Gasteiger partial charge >= 0.3 is 0 Å². The second kappa shape index (κ2) is 10.3. The van der Waals surface area contributed by atoms with Crippen LogP contribution in [0.1, 0.15) is 30.5 Å². The fraction of sp³-hybridized carbons (Fsp3) is 0.269. The number of benzene rings is 2. The van der Waals surface area contributed by atoms with Gasteiger partial charge in [0, 0.05) is 28.9 Å². The maximum atomic E-state index is 5.95. The minimum atomic E-state index is 0.729. The molecule has 3 nitrogen and oxygen atoms in total. The first kappa shape index (κ1) is 20.5. The smallest absolute Gasteiger partial charge is 0.119 e. The summed E-state index contributed by atoms with van der Waals surface area (Å²) in [5.41, 5.74) is 3.82. The average molecular weight is 417 g/mol. The van der Waals surface area contributed by atoms with Crippen LogP contribution < -0.4 is 4.74 Å². The highest BCUT2D eigenvalue weighted by atomic mass is 35.5. The van der Waals surface area contributed by atoms with E-state index in [1.54, 1.807) is 0 Å². The van der Waals surface area contributed by atoms with E-state index in [1.165, 1.54) is 32.4 Å². The van der Waals surface area contributed by atoms with Gasteiger partial charge in [-0.1, -0.05) is 42.1 Å². The molecule has 2 aromatic carbocycles. The molecule has 0 N–H and O–H groups in total. The van der Waals surface area contributed by atoms with E-state index in [4.69, 9.17) is 16.3 Å². The van der Waals surface area contributed by atoms with Crippen molar-refractivity contribution in [1.29, 1.82) is 0 Å². The van der Waals surface area contributed by atoms with E-state index in [2.05, 4.69) is 21.7 Å². The van der Waals surface area contributed by atoms with Crippen molar-refractivity contribution < 1.29 is 4.74 Å². The lowest BCUT2D eigenvalue weighted by Crippen LogP contribution is -2.33. The molecule has 1 fully saturated rings. The molecule has 0 unspecified atom stereocenters. The Morgan fingerprint density at radius 2 is 1.57 bits per heavy atom. The van der Waals surface area contributed by atoms with Gasteiger partial charge in [-0.25, -0.2) is 4.98 Å². The van der Waals surface area contributed by atoms with Gasteiger partial charge in [0.05, 0.1) is 0 Å². The number of hydrogen-bond acceptors (Lipinski definition) is 3. The van der Waals surface area contributed by atoms with Gasteiger partial charge in [-0.15, -0.1) is 0 Å². The monoisotopic (exact) mass is 416 g/mol. The number of hydrogen-bond donors (Lipinski definition) is 0. The van der Waals surface area contributed by atoms with Crippen molar-refractivity contribution in [2.45, 2.75) is 19.3 Å². The van der Waals surface area contributed by atoms with Crippen LogP contribution in [0.3, 0.4) is 0 Å². The Morgan fingerprint density at radius 3 is 2.27 bits per heavy atom. The molecule has 1 aliphatic rings. The third-order valence-corrected chi connectivity index (χ3v) is 5.51. The molecule has 1 aromatic heterocycles. The molecular formula is C26H25ClN2O. The van der Waals surface area contributed by atoms with Gasteiger partial charge in [0.2, 0.25) is 0 Å². The molecule has 3 aromatic rings. The normalized spacial score (nSPS) is 14.0. The molecule has 0 saturated carbocycles. The molecule has 0 radical (unpaired) electrons. The summed E-state index contributed by atoms with van der Waals surface area (Å²) in [5, 5.41) is 0.729. The van der Waals surface area contributed by atoms with Crippen LogP contribution in [-0.2, 0) is 0 Å². The molecule has 0 atom stereocenters. The summed E-state index contributed by atoms with van der Waals surface area (Å²) in [6.45, 7) is 4.13. The molecule has 0 spiro atoms. The number of halogens is 1. The molecule has 1 aliphatic heterocycles. The van der Waals surface area contributed by atoms with Gasteiger partial charge in [0.15, 0.2) is 0 Å². The van der Waals surface area contributed by atoms with Crippen LogP contribution in [-0.4, -0.2) is 36.1 Å². The number of rotatable bonds is 5. The zero-order chi connectivity index (χ0) is 20.6. The lowest BCUT2D eigenvalue weighted by molar-refractivity contribution is 0.183. The fourth-order valence-electron chi connectivity index (χ4n) is 3.53. The van der Waals surface area contributed by atoms with E-state index >= 15 is 0 Å². The molecule has 4 heteroatoms. The fourth-order valence-corrected chi connectivity index (χ4v) is 3.65. The third-order valence-electron chi connectivity index (χ3n) is 5.26. The Labute approximate surface area is 183 Å². The number of pyridine rings is 1. The van der Waals surface area contributed by atoms with Crippen LogP contribution in [0.5, 0.6) is 5.75 Å². The van der Waals surface area contributed by atoms with E-state index in [0.717, 1.165) is 46.3 Å². The largest absolute Gasteiger partial charge is 0.492 e. The second-order valence-corrected chi connectivity index (χ2v) is 7.90. The van der Waals surface area contributed by atoms with Crippen molar-refractivity contribution in [2.24, 2.45) is 0 Å². The zero-order valence-corrected chi connectivity index (χ0v) is 17.7. The lowest BCUT2D eigenvalue weighted by atomic mass is 10.1. The van der Waals surface area contributed by atoms with Crippen molar-refractivity contribution in [3.63, 3.8) is 0 Å². The van der Waals surface area contributed by atoms with Crippen LogP contribution in [0, 0.1) is 11.8 Å². The van der Waals surface area contributed by atoms with Crippen LogP contribution in [0.25, 0.3) is 11.1 Å². The summed E-state index contributed by atoms with van der Waals surface area (Å²) in [7, 11) is 0. The number of ether oxygens (including phenoxy) is 1. The molecule has 4 rings (SSSR count). The van der Waals surface area contributed by atoms with Gasteiger partial charge in [0.1, 0.15) is 18.1 Å². The van der Waals surface area contributed by atoms with Crippen molar-refractivity contribution in [1.82, 2.24) is 9.88 Å². The molecule has 0 aliphatic carbocycles. The minimum Gasteiger partial charge on any atom is -0.492 e. The van der Waals surface area contributed by atoms with Gasteiger partial charge in [-0.3, -0.25) is 4.90 Å². The molecule has 1 saturated heterocycles. The summed E-state index contributed by atoms with van der Waals surface area (Å²) in [5.74, 6) is 7.19. The highest BCUT2D eigenvalue weighted by Gasteiger charge is 2.09. The van der Waals surface area contributed by atoms with E-state index in [1.807, 2.05) is 66.9 Å². The second-order valence-electron chi connectivity index (χ2n) is 7.46. The quantitative estimate of drug-likeness (QED) is 0.501. The first-order chi connectivity index (χ1) is 14.8. The van der Waals surface area contributed by atoms with Crippen LogP contribution in [0.15, 0.2) is 66.9 Å². The van der Waals surface area contributed by atoms with Crippen LogP contribution in [0.2, 0.25) is 5.02 Å². The maximum absolute atomic E-state index is 5.95. The molecule has 2 heterocycles. The standard InChI is InChI=1S/C26H25ClN2O/c27-24-10-7-22(8-11-24)23-9-13-25(28-20-23)12-4-21-5-14-26(15-6-21)30-19-18-29-16-2-1-3-17-29/h5-11,13-15,20H,1-3,16-19H2. The molecule has 152 valence electrons. The molecule has 30 heavy (non-hydrogen) atoms. The van der Waals surface area contributed by atoms with Gasteiger partial charge in [-0.2, -0.15) is 0 Å². The number of piperidine rings is 1. The van der Waals surface area contributed by atoms with Gasteiger partial charge < -0.3 is 4.74 Å². The van der Waals surface area contributed by atoms with E-state index < -0.39 is 0 Å². The van der Waals surface area contributed by atoms with Crippen LogP contribution in [0.4, 0.5) is 0 Å². The van der Waals surface area contributed by atoms with E-state index in [0.29, 0.717) is 0 Å². The average Bonchev–Trinajstić information content (AvgIpc) is 2.80. The summed E-state index contributed by atoms with van der Waals surface area (Å²) in [4.78, 5) is 6.94. The SMILES string of the molecule is Clc1ccc(-c2ccc(C#Cc3ccc(OCCN4CCCCC4)cc3)nc2)cc1. The van der Waals surface area contributed by atoms with E-state index in [-0.39, 0.29) is 0 Å². The van der Waals surface area contributed by atoms with Crippen molar-refractivity contribution in [3.8, 4) is 28.7 Å². The zero-order valence-electron chi connectivity index (χ0n) is 17.0. The maximum Gasteiger partial charge on any atom is 0.119 e. The molecule has 0 amide bonds. The Kier molecular flexibility index (Phi) is 7.03. The van der Waals surface area contributed by atoms with Crippen molar-refractivity contribution in [2.75, 3.05) is 26.2 Å². The third kappa shape index (κ3) is 5.86.